The molecule has 0 radical (unpaired) electrons. The maximum absolute atomic E-state index is 13.4. The van der Waals surface area contributed by atoms with Crippen LogP contribution in [0.4, 0.5) is 10.1 Å². The lowest BCUT2D eigenvalue weighted by atomic mass is 10.2. The van der Waals surface area contributed by atoms with Gasteiger partial charge in [-0.2, -0.15) is 12.7 Å². The number of benzene rings is 1. The molecule has 0 aromatic heterocycles. The van der Waals surface area contributed by atoms with Crippen molar-refractivity contribution in [2.75, 3.05) is 24.9 Å². The smallest absolute Gasteiger partial charge is 0.301 e. The van der Waals surface area contributed by atoms with Crippen LogP contribution in [0, 0.1) is 12.7 Å². The molecule has 0 unspecified atom stereocenters. The van der Waals surface area contributed by atoms with Crippen LogP contribution in [-0.2, 0) is 10.2 Å². The number of anilines is 1. The second-order valence-electron chi connectivity index (χ2n) is 5.47. The van der Waals surface area contributed by atoms with Crippen molar-refractivity contribution < 1.29 is 12.8 Å². The van der Waals surface area contributed by atoms with Gasteiger partial charge in [-0.1, -0.05) is 6.07 Å². The molecule has 0 saturated heterocycles. The van der Waals surface area contributed by atoms with Gasteiger partial charge >= 0.3 is 10.2 Å². The molecule has 0 aliphatic heterocycles. The average molecular weight is 315 g/mol. The molecule has 2 rings (SSSR count). The summed E-state index contributed by atoms with van der Waals surface area (Å²) in [4.78, 5) is 0. The summed E-state index contributed by atoms with van der Waals surface area (Å²) in [7, 11) is -2.12. The van der Waals surface area contributed by atoms with E-state index in [1.807, 2.05) is 0 Å². The Hall–Kier alpha value is -1.18. The molecule has 1 aromatic rings. The highest BCUT2D eigenvalue weighted by molar-refractivity contribution is 7.90. The zero-order chi connectivity index (χ0) is 15.5. The van der Waals surface area contributed by atoms with E-state index in [4.69, 9.17) is 0 Å². The minimum absolute atomic E-state index is 0.237. The number of hydrogen-bond acceptors (Lipinski definition) is 3. The van der Waals surface area contributed by atoms with Crippen LogP contribution in [0.15, 0.2) is 18.2 Å². The summed E-state index contributed by atoms with van der Waals surface area (Å²) in [5, 5.41) is 3.34. The van der Waals surface area contributed by atoms with Crippen molar-refractivity contribution in [2.45, 2.75) is 32.2 Å². The van der Waals surface area contributed by atoms with Gasteiger partial charge in [0.25, 0.3) is 0 Å². The molecule has 0 spiro atoms. The van der Waals surface area contributed by atoms with Crippen molar-refractivity contribution in [2.24, 2.45) is 0 Å². The number of nitrogens with one attached hydrogen (secondary N) is 2. The third-order valence-corrected chi connectivity index (χ3v) is 4.99. The Bertz CT molecular complexity index is 588. The standard InChI is InChI=1S/C14H22FN3O2S/c1-11-4-5-13(10-14(11)15)17-21(19,20)18(2)9-3-8-16-12-6-7-12/h4-5,10,12,16-17H,3,6-9H2,1-2H3. The van der Waals surface area contributed by atoms with Crippen LogP contribution in [0.1, 0.15) is 24.8 Å². The molecule has 0 heterocycles. The summed E-state index contributed by atoms with van der Waals surface area (Å²) in [6.45, 7) is 2.86. The van der Waals surface area contributed by atoms with Crippen molar-refractivity contribution in [3.63, 3.8) is 0 Å². The topological polar surface area (TPSA) is 61.4 Å². The van der Waals surface area contributed by atoms with Gasteiger partial charge in [-0.3, -0.25) is 4.72 Å². The maximum atomic E-state index is 13.4. The minimum Gasteiger partial charge on any atom is -0.314 e. The van der Waals surface area contributed by atoms with Gasteiger partial charge in [-0.05, 0) is 50.4 Å². The Morgan fingerprint density at radius 1 is 1.38 bits per heavy atom. The fourth-order valence-electron chi connectivity index (χ4n) is 1.90. The Balaban J connectivity index is 1.85. The second kappa shape index (κ2) is 6.72. The molecule has 1 saturated carbocycles. The molecule has 1 aliphatic carbocycles. The van der Waals surface area contributed by atoms with E-state index >= 15 is 0 Å². The lowest BCUT2D eigenvalue weighted by Gasteiger charge is -2.18. The highest BCUT2D eigenvalue weighted by Gasteiger charge is 2.21. The molecular formula is C14H22FN3O2S. The fourth-order valence-corrected chi connectivity index (χ4v) is 2.85. The summed E-state index contributed by atoms with van der Waals surface area (Å²) in [5.41, 5.74) is 0.721. The number of rotatable bonds is 8. The molecular weight excluding hydrogens is 293 g/mol. The van der Waals surface area contributed by atoms with E-state index in [0.717, 1.165) is 13.0 Å². The Morgan fingerprint density at radius 2 is 2.10 bits per heavy atom. The van der Waals surface area contributed by atoms with E-state index in [1.54, 1.807) is 19.1 Å². The molecule has 0 amide bonds. The van der Waals surface area contributed by atoms with E-state index in [0.29, 0.717) is 18.2 Å². The van der Waals surface area contributed by atoms with E-state index in [-0.39, 0.29) is 5.69 Å². The van der Waals surface area contributed by atoms with Crippen LogP contribution in [0.3, 0.4) is 0 Å². The molecule has 118 valence electrons. The van der Waals surface area contributed by atoms with E-state index < -0.39 is 16.0 Å². The number of aryl methyl sites for hydroxylation is 1. The lowest BCUT2D eigenvalue weighted by Crippen LogP contribution is -2.34. The van der Waals surface area contributed by atoms with Crippen LogP contribution in [0.5, 0.6) is 0 Å². The van der Waals surface area contributed by atoms with Gasteiger partial charge in [-0.25, -0.2) is 4.39 Å². The van der Waals surface area contributed by atoms with Crippen LogP contribution < -0.4 is 10.0 Å². The van der Waals surface area contributed by atoms with Gasteiger partial charge in [0.1, 0.15) is 5.82 Å². The predicted molar refractivity (Wildman–Crippen MR) is 82.0 cm³/mol. The Labute approximate surface area is 125 Å². The lowest BCUT2D eigenvalue weighted by molar-refractivity contribution is 0.458. The first-order valence-electron chi connectivity index (χ1n) is 7.12. The fraction of sp³-hybridized carbons (Fsp3) is 0.571. The molecule has 0 atom stereocenters. The summed E-state index contributed by atoms with van der Waals surface area (Å²) in [6.07, 6.45) is 3.18. The third-order valence-electron chi connectivity index (χ3n) is 3.49. The maximum Gasteiger partial charge on any atom is 0.301 e. The Kier molecular flexibility index (Phi) is 5.18. The quantitative estimate of drug-likeness (QED) is 0.720. The van der Waals surface area contributed by atoms with E-state index in [2.05, 4.69) is 10.0 Å². The first kappa shape index (κ1) is 16.2. The SMILES string of the molecule is Cc1ccc(NS(=O)(=O)N(C)CCCNC2CC2)cc1F. The van der Waals surface area contributed by atoms with Crippen molar-refractivity contribution >= 4 is 15.9 Å². The molecule has 1 aliphatic rings. The average Bonchev–Trinajstić information content (AvgIpc) is 3.22. The summed E-state index contributed by atoms with van der Waals surface area (Å²) < 4.78 is 41.3. The van der Waals surface area contributed by atoms with Crippen LogP contribution in [-0.4, -0.2) is 38.9 Å². The number of halogens is 1. The number of hydrogen-bond donors (Lipinski definition) is 2. The van der Waals surface area contributed by atoms with E-state index in [9.17, 15) is 12.8 Å². The highest BCUT2D eigenvalue weighted by Crippen LogP contribution is 2.18. The molecule has 1 aromatic carbocycles. The Morgan fingerprint density at radius 3 is 2.71 bits per heavy atom. The normalized spacial score (nSPS) is 15.4. The first-order chi connectivity index (χ1) is 9.88. The summed E-state index contributed by atoms with van der Waals surface area (Å²) >= 11 is 0. The monoisotopic (exact) mass is 315 g/mol. The van der Waals surface area contributed by atoms with Crippen LogP contribution in [0.2, 0.25) is 0 Å². The molecule has 2 N–H and O–H groups in total. The zero-order valence-electron chi connectivity index (χ0n) is 12.4. The number of nitrogens with zero attached hydrogens (tertiary/aromatic N) is 1. The molecule has 5 nitrogen and oxygen atoms in total. The van der Waals surface area contributed by atoms with Gasteiger partial charge in [0.15, 0.2) is 0 Å². The summed E-state index contributed by atoms with van der Waals surface area (Å²) in [5.74, 6) is -0.425. The zero-order valence-corrected chi connectivity index (χ0v) is 13.2. The van der Waals surface area contributed by atoms with Crippen LogP contribution in [0.25, 0.3) is 0 Å². The highest BCUT2D eigenvalue weighted by atomic mass is 32.2. The van der Waals surface area contributed by atoms with Crippen molar-refractivity contribution in [1.82, 2.24) is 9.62 Å². The van der Waals surface area contributed by atoms with Gasteiger partial charge in [-0.15, -0.1) is 0 Å². The summed E-state index contributed by atoms with van der Waals surface area (Å²) in [6, 6.07) is 4.92. The largest absolute Gasteiger partial charge is 0.314 e. The van der Waals surface area contributed by atoms with Gasteiger partial charge in [0.2, 0.25) is 0 Å². The van der Waals surface area contributed by atoms with Gasteiger partial charge < -0.3 is 5.32 Å². The first-order valence-corrected chi connectivity index (χ1v) is 8.56. The predicted octanol–water partition coefficient (Wildman–Crippen LogP) is 1.86. The van der Waals surface area contributed by atoms with Crippen molar-refractivity contribution in [3.05, 3.63) is 29.6 Å². The van der Waals surface area contributed by atoms with Gasteiger partial charge in [0.05, 0.1) is 5.69 Å². The molecule has 1 fully saturated rings. The van der Waals surface area contributed by atoms with Gasteiger partial charge in [0, 0.05) is 19.6 Å². The molecule has 21 heavy (non-hydrogen) atoms. The van der Waals surface area contributed by atoms with E-state index in [1.165, 1.54) is 30.3 Å². The molecule has 7 heteroatoms. The van der Waals surface area contributed by atoms with Crippen LogP contribution >= 0.6 is 0 Å². The van der Waals surface area contributed by atoms with Crippen molar-refractivity contribution in [3.8, 4) is 0 Å². The molecule has 0 bridgehead atoms. The third kappa shape index (κ3) is 4.94. The minimum atomic E-state index is -3.64. The van der Waals surface area contributed by atoms with Crippen molar-refractivity contribution in [1.29, 1.82) is 0 Å². The second-order valence-corrected chi connectivity index (χ2v) is 7.25.